The van der Waals surface area contributed by atoms with Gasteiger partial charge in [0.25, 0.3) is 5.91 Å². The third kappa shape index (κ3) is 5.50. The van der Waals surface area contributed by atoms with Gasteiger partial charge in [-0.15, -0.1) is 0 Å². The fraction of sp³-hybridized carbons (Fsp3) is 0.200. The summed E-state index contributed by atoms with van der Waals surface area (Å²) in [6, 6.07) is 13.2. The lowest BCUT2D eigenvalue weighted by Gasteiger charge is -2.08. The highest BCUT2D eigenvalue weighted by Gasteiger charge is 2.08. The Balaban J connectivity index is 1.50. The molecule has 0 fully saturated rings. The second-order valence-corrected chi connectivity index (χ2v) is 5.83. The third-order valence-corrected chi connectivity index (χ3v) is 3.92. The molecule has 7 nitrogen and oxygen atoms in total. The smallest absolute Gasteiger partial charge is 0.270 e. The topological polar surface area (TPSA) is 89.0 Å². The van der Waals surface area contributed by atoms with Crippen LogP contribution in [-0.4, -0.2) is 34.5 Å². The SMILES string of the molecule is COc1ccc(CCNC(=O)c2ccnc(NCc3cccnc3)n2)cc1. The summed E-state index contributed by atoms with van der Waals surface area (Å²) in [6.07, 6.45) is 5.78. The molecule has 2 heterocycles. The predicted octanol–water partition coefficient (Wildman–Crippen LogP) is 2.46. The van der Waals surface area contributed by atoms with Crippen LogP contribution in [0.3, 0.4) is 0 Å². The van der Waals surface area contributed by atoms with Gasteiger partial charge in [0.15, 0.2) is 0 Å². The predicted molar refractivity (Wildman–Crippen MR) is 103 cm³/mol. The van der Waals surface area contributed by atoms with Gasteiger partial charge in [0.05, 0.1) is 7.11 Å². The van der Waals surface area contributed by atoms with Crippen LogP contribution in [0.1, 0.15) is 21.6 Å². The van der Waals surface area contributed by atoms with Crippen molar-refractivity contribution in [3.05, 3.63) is 77.9 Å². The summed E-state index contributed by atoms with van der Waals surface area (Å²) < 4.78 is 5.14. The molecule has 0 saturated carbocycles. The molecular weight excluding hydrogens is 342 g/mol. The molecule has 0 spiro atoms. The Morgan fingerprint density at radius 3 is 2.67 bits per heavy atom. The number of carbonyl (C=O) groups is 1. The van der Waals surface area contributed by atoms with Gasteiger partial charge in [-0.3, -0.25) is 9.78 Å². The lowest BCUT2D eigenvalue weighted by molar-refractivity contribution is 0.0949. The van der Waals surface area contributed by atoms with Crippen molar-refractivity contribution in [2.75, 3.05) is 19.0 Å². The first-order chi connectivity index (χ1) is 13.2. The van der Waals surface area contributed by atoms with Crippen molar-refractivity contribution in [1.29, 1.82) is 0 Å². The summed E-state index contributed by atoms with van der Waals surface area (Å²) in [7, 11) is 1.64. The van der Waals surface area contributed by atoms with E-state index in [1.807, 2.05) is 36.4 Å². The number of methoxy groups -OCH3 is 1. The summed E-state index contributed by atoms with van der Waals surface area (Å²) >= 11 is 0. The molecule has 27 heavy (non-hydrogen) atoms. The van der Waals surface area contributed by atoms with Gasteiger partial charge in [-0.05, 0) is 41.8 Å². The molecule has 1 aromatic carbocycles. The van der Waals surface area contributed by atoms with Crippen LogP contribution in [0, 0.1) is 0 Å². The highest BCUT2D eigenvalue weighted by molar-refractivity contribution is 5.92. The fourth-order valence-corrected chi connectivity index (χ4v) is 2.46. The number of aromatic nitrogens is 3. The Morgan fingerprint density at radius 1 is 1.07 bits per heavy atom. The van der Waals surface area contributed by atoms with E-state index in [-0.39, 0.29) is 5.91 Å². The zero-order valence-corrected chi connectivity index (χ0v) is 15.1. The maximum atomic E-state index is 12.3. The second-order valence-electron chi connectivity index (χ2n) is 5.83. The van der Waals surface area contributed by atoms with Gasteiger partial charge in [0, 0.05) is 31.7 Å². The number of carbonyl (C=O) groups excluding carboxylic acids is 1. The molecule has 0 atom stereocenters. The van der Waals surface area contributed by atoms with Crippen LogP contribution in [0.5, 0.6) is 5.75 Å². The number of pyridine rings is 1. The Kier molecular flexibility index (Phi) is 6.30. The van der Waals surface area contributed by atoms with Crippen LogP contribution in [-0.2, 0) is 13.0 Å². The number of amides is 1. The number of hydrogen-bond donors (Lipinski definition) is 2. The molecule has 3 rings (SSSR count). The summed E-state index contributed by atoms with van der Waals surface area (Å²) in [4.78, 5) is 24.8. The molecule has 0 bridgehead atoms. The molecule has 0 aliphatic carbocycles. The van der Waals surface area contributed by atoms with Crippen molar-refractivity contribution in [2.45, 2.75) is 13.0 Å². The zero-order valence-electron chi connectivity index (χ0n) is 15.1. The van der Waals surface area contributed by atoms with Crippen molar-refractivity contribution in [2.24, 2.45) is 0 Å². The van der Waals surface area contributed by atoms with Gasteiger partial charge < -0.3 is 15.4 Å². The number of anilines is 1. The van der Waals surface area contributed by atoms with Crippen molar-refractivity contribution in [3.8, 4) is 5.75 Å². The van der Waals surface area contributed by atoms with Gasteiger partial charge in [-0.2, -0.15) is 0 Å². The largest absolute Gasteiger partial charge is 0.497 e. The summed E-state index contributed by atoms with van der Waals surface area (Å²) in [5.74, 6) is 0.993. The highest BCUT2D eigenvalue weighted by Crippen LogP contribution is 2.11. The lowest BCUT2D eigenvalue weighted by Crippen LogP contribution is -2.26. The van der Waals surface area contributed by atoms with Gasteiger partial charge in [0.1, 0.15) is 11.4 Å². The maximum absolute atomic E-state index is 12.3. The van der Waals surface area contributed by atoms with Crippen LogP contribution in [0.4, 0.5) is 5.95 Å². The first kappa shape index (κ1) is 18.3. The lowest BCUT2D eigenvalue weighted by atomic mass is 10.1. The second kappa shape index (κ2) is 9.28. The number of nitrogens with one attached hydrogen (secondary N) is 2. The van der Waals surface area contributed by atoms with Crippen LogP contribution in [0.2, 0.25) is 0 Å². The molecule has 2 N–H and O–H groups in total. The van der Waals surface area contributed by atoms with E-state index < -0.39 is 0 Å². The third-order valence-electron chi connectivity index (χ3n) is 3.92. The normalized spacial score (nSPS) is 10.3. The van der Waals surface area contributed by atoms with Crippen molar-refractivity contribution >= 4 is 11.9 Å². The number of nitrogens with zero attached hydrogens (tertiary/aromatic N) is 3. The maximum Gasteiger partial charge on any atom is 0.270 e. The molecule has 0 radical (unpaired) electrons. The van der Waals surface area contributed by atoms with Crippen LogP contribution >= 0.6 is 0 Å². The van der Waals surface area contributed by atoms with E-state index in [1.54, 1.807) is 31.8 Å². The van der Waals surface area contributed by atoms with Gasteiger partial charge in [-0.1, -0.05) is 18.2 Å². The summed E-state index contributed by atoms with van der Waals surface area (Å²) in [5, 5.41) is 5.97. The van der Waals surface area contributed by atoms with Crippen LogP contribution in [0.25, 0.3) is 0 Å². The molecule has 0 aliphatic heterocycles. The molecule has 138 valence electrons. The fourth-order valence-electron chi connectivity index (χ4n) is 2.46. The van der Waals surface area contributed by atoms with Crippen molar-refractivity contribution < 1.29 is 9.53 Å². The van der Waals surface area contributed by atoms with E-state index in [0.29, 0.717) is 24.7 Å². The van der Waals surface area contributed by atoms with E-state index in [9.17, 15) is 4.79 Å². The summed E-state index contributed by atoms with van der Waals surface area (Å²) in [6.45, 7) is 1.06. The van der Waals surface area contributed by atoms with E-state index in [2.05, 4.69) is 25.6 Å². The van der Waals surface area contributed by atoms with Gasteiger partial charge in [0.2, 0.25) is 5.95 Å². The Hall–Kier alpha value is -3.48. The highest BCUT2D eigenvalue weighted by atomic mass is 16.5. The molecule has 0 unspecified atom stereocenters. The minimum absolute atomic E-state index is 0.227. The number of hydrogen-bond acceptors (Lipinski definition) is 6. The zero-order chi connectivity index (χ0) is 18.9. The minimum Gasteiger partial charge on any atom is -0.497 e. The van der Waals surface area contributed by atoms with Gasteiger partial charge >= 0.3 is 0 Å². The number of benzene rings is 1. The first-order valence-electron chi connectivity index (χ1n) is 8.61. The van der Waals surface area contributed by atoms with Crippen molar-refractivity contribution in [3.63, 3.8) is 0 Å². The van der Waals surface area contributed by atoms with Crippen LogP contribution < -0.4 is 15.4 Å². The number of ether oxygens (including phenoxy) is 1. The molecule has 1 amide bonds. The minimum atomic E-state index is -0.227. The molecule has 7 heteroatoms. The average Bonchev–Trinajstić information content (AvgIpc) is 2.73. The van der Waals surface area contributed by atoms with E-state index in [0.717, 1.165) is 23.3 Å². The average molecular weight is 363 g/mol. The van der Waals surface area contributed by atoms with Crippen LogP contribution in [0.15, 0.2) is 61.1 Å². The monoisotopic (exact) mass is 363 g/mol. The molecule has 2 aromatic heterocycles. The molecule has 0 saturated heterocycles. The Morgan fingerprint density at radius 2 is 1.93 bits per heavy atom. The molecular formula is C20H21N5O2. The van der Waals surface area contributed by atoms with E-state index in [4.69, 9.17) is 4.74 Å². The quantitative estimate of drug-likeness (QED) is 0.639. The Bertz CT molecular complexity index is 869. The molecule has 0 aliphatic rings. The van der Waals surface area contributed by atoms with Crippen molar-refractivity contribution in [1.82, 2.24) is 20.3 Å². The van der Waals surface area contributed by atoms with E-state index >= 15 is 0 Å². The van der Waals surface area contributed by atoms with E-state index in [1.165, 1.54) is 0 Å². The first-order valence-corrected chi connectivity index (χ1v) is 8.61. The number of rotatable bonds is 8. The molecule has 3 aromatic rings. The summed E-state index contributed by atoms with van der Waals surface area (Å²) in [5.41, 5.74) is 2.46. The Labute approximate surface area is 157 Å². The standard InChI is InChI=1S/C20H21N5O2/c1-27-17-6-4-15(5-7-17)8-11-22-19(26)18-9-12-23-20(25-18)24-14-16-3-2-10-21-13-16/h2-7,9-10,12-13H,8,11,14H2,1H3,(H,22,26)(H,23,24,25). The van der Waals surface area contributed by atoms with Gasteiger partial charge in [-0.25, -0.2) is 9.97 Å².